The number of rotatable bonds is 6. The molecule has 5 heteroatoms. The lowest BCUT2D eigenvalue weighted by Crippen LogP contribution is -2.23. The highest BCUT2D eigenvalue weighted by molar-refractivity contribution is 5.95. The van der Waals surface area contributed by atoms with E-state index in [4.69, 9.17) is 14.3 Å². The highest BCUT2D eigenvalue weighted by Crippen LogP contribution is 2.33. The summed E-state index contributed by atoms with van der Waals surface area (Å²) in [5.41, 5.74) is 3.56. The summed E-state index contributed by atoms with van der Waals surface area (Å²) in [6, 6.07) is 3.33. The summed E-state index contributed by atoms with van der Waals surface area (Å²) in [5, 5.41) is 0. The van der Waals surface area contributed by atoms with Crippen molar-refractivity contribution in [2.24, 2.45) is 0 Å². The summed E-state index contributed by atoms with van der Waals surface area (Å²) in [6.45, 7) is 4.08. The molecule has 0 heterocycles. The zero-order chi connectivity index (χ0) is 14.3. The highest BCUT2D eigenvalue weighted by atomic mass is 16.6. The third-order valence-corrected chi connectivity index (χ3v) is 2.43. The van der Waals surface area contributed by atoms with Crippen LogP contribution in [0.5, 0.6) is 11.5 Å². The zero-order valence-corrected chi connectivity index (χ0v) is 11.6. The minimum absolute atomic E-state index is 0.325. The van der Waals surface area contributed by atoms with Gasteiger partial charge < -0.3 is 9.47 Å². The molecule has 19 heavy (non-hydrogen) atoms. The van der Waals surface area contributed by atoms with E-state index in [0.29, 0.717) is 23.7 Å². The summed E-state index contributed by atoms with van der Waals surface area (Å²) in [7, 11) is 3.09. The van der Waals surface area contributed by atoms with E-state index in [2.05, 4.69) is 5.48 Å². The van der Waals surface area contributed by atoms with Crippen LogP contribution < -0.4 is 15.0 Å². The Morgan fingerprint density at radius 2 is 2.05 bits per heavy atom. The fourth-order valence-electron chi connectivity index (χ4n) is 1.62. The molecule has 0 fully saturated rings. The molecular weight excluding hydrogens is 246 g/mol. The van der Waals surface area contributed by atoms with Gasteiger partial charge in [-0.3, -0.25) is 9.63 Å². The van der Waals surface area contributed by atoms with Crippen LogP contribution in [0.25, 0.3) is 6.08 Å². The van der Waals surface area contributed by atoms with Crippen LogP contribution in [0.4, 0.5) is 0 Å². The van der Waals surface area contributed by atoms with Gasteiger partial charge in [-0.25, -0.2) is 5.48 Å². The third-order valence-electron chi connectivity index (χ3n) is 2.43. The Balaban J connectivity index is 3.20. The molecular formula is C14H19NO4. The molecule has 0 saturated heterocycles. The first-order chi connectivity index (χ1) is 9.17. The van der Waals surface area contributed by atoms with E-state index in [-0.39, 0.29) is 5.91 Å². The minimum Gasteiger partial charge on any atom is -0.493 e. The topological polar surface area (TPSA) is 56.8 Å². The number of hydrogen-bond donors (Lipinski definition) is 1. The number of carbonyl (C=O) groups excluding carboxylic acids is 1. The maximum atomic E-state index is 11.9. The Labute approximate surface area is 113 Å². The molecule has 0 unspecified atom stereocenters. The lowest BCUT2D eigenvalue weighted by atomic mass is 10.1. The third kappa shape index (κ3) is 3.72. The Bertz CT molecular complexity index is 469. The molecule has 0 aliphatic carbocycles. The molecule has 5 nitrogen and oxygen atoms in total. The maximum Gasteiger partial charge on any atom is 0.274 e. The number of nitrogens with one attached hydrogen (secondary N) is 1. The van der Waals surface area contributed by atoms with E-state index in [1.165, 1.54) is 7.11 Å². The molecule has 0 spiro atoms. The van der Waals surface area contributed by atoms with Crippen LogP contribution in [-0.4, -0.2) is 26.7 Å². The fraction of sp³-hybridized carbons (Fsp3) is 0.357. The first kappa shape index (κ1) is 15.0. The molecule has 1 N–H and O–H groups in total. The fourth-order valence-corrected chi connectivity index (χ4v) is 1.62. The van der Waals surface area contributed by atoms with E-state index >= 15 is 0 Å². The first-order valence-corrected chi connectivity index (χ1v) is 5.98. The Kier molecular flexibility index (Phi) is 5.89. The lowest BCUT2D eigenvalue weighted by Gasteiger charge is -2.13. The van der Waals surface area contributed by atoms with Gasteiger partial charge in [-0.05, 0) is 26.0 Å². The van der Waals surface area contributed by atoms with Gasteiger partial charge in [-0.1, -0.05) is 12.2 Å². The molecule has 0 aliphatic heterocycles. The van der Waals surface area contributed by atoms with E-state index in [0.717, 1.165) is 5.56 Å². The van der Waals surface area contributed by atoms with Gasteiger partial charge in [0, 0.05) is 11.1 Å². The van der Waals surface area contributed by atoms with Crippen molar-refractivity contribution in [3.05, 3.63) is 29.3 Å². The molecule has 1 aromatic carbocycles. The monoisotopic (exact) mass is 265 g/mol. The molecule has 1 amide bonds. The Morgan fingerprint density at radius 3 is 2.58 bits per heavy atom. The highest BCUT2D eigenvalue weighted by Gasteiger charge is 2.14. The number of benzene rings is 1. The van der Waals surface area contributed by atoms with Gasteiger partial charge in [0.1, 0.15) is 0 Å². The quantitative estimate of drug-likeness (QED) is 0.802. The summed E-state index contributed by atoms with van der Waals surface area (Å²) in [5.74, 6) is 0.766. The second-order valence-corrected chi connectivity index (χ2v) is 3.67. The average molecular weight is 265 g/mol. The lowest BCUT2D eigenvalue weighted by molar-refractivity contribution is 0.0364. The van der Waals surface area contributed by atoms with Crippen molar-refractivity contribution in [1.29, 1.82) is 0 Å². The van der Waals surface area contributed by atoms with E-state index in [9.17, 15) is 4.79 Å². The maximum absolute atomic E-state index is 11.9. The zero-order valence-electron chi connectivity index (χ0n) is 11.6. The molecule has 0 atom stereocenters. The van der Waals surface area contributed by atoms with Crippen molar-refractivity contribution < 1.29 is 19.1 Å². The standard InChI is InChI=1S/C14H19NO4/c1-5-7-10-8-11(14(16)15-19-6-2)9-12(17-3)13(10)18-4/h5,7-9H,6H2,1-4H3,(H,15,16)/b7-5+. The molecule has 0 bridgehead atoms. The first-order valence-electron chi connectivity index (χ1n) is 5.98. The molecule has 0 radical (unpaired) electrons. The van der Waals surface area contributed by atoms with Crippen LogP contribution in [0.1, 0.15) is 29.8 Å². The molecule has 0 aromatic heterocycles. The van der Waals surface area contributed by atoms with Crippen LogP contribution in [0, 0.1) is 0 Å². The molecule has 104 valence electrons. The van der Waals surface area contributed by atoms with Crippen molar-refractivity contribution in [1.82, 2.24) is 5.48 Å². The van der Waals surface area contributed by atoms with Crippen molar-refractivity contribution >= 4 is 12.0 Å². The Morgan fingerprint density at radius 1 is 1.32 bits per heavy atom. The summed E-state index contributed by atoms with van der Waals surface area (Å²) in [6.07, 6.45) is 3.71. The number of allylic oxidation sites excluding steroid dienone is 1. The van der Waals surface area contributed by atoms with Crippen LogP contribution in [0.2, 0.25) is 0 Å². The molecule has 0 saturated carbocycles. The largest absolute Gasteiger partial charge is 0.493 e. The summed E-state index contributed by atoms with van der Waals surface area (Å²) in [4.78, 5) is 16.8. The number of methoxy groups -OCH3 is 2. The second kappa shape index (κ2) is 7.43. The van der Waals surface area contributed by atoms with Crippen LogP contribution in [0.15, 0.2) is 18.2 Å². The summed E-state index contributed by atoms with van der Waals surface area (Å²) >= 11 is 0. The van der Waals surface area contributed by atoms with Crippen LogP contribution in [0.3, 0.4) is 0 Å². The second-order valence-electron chi connectivity index (χ2n) is 3.67. The Hall–Kier alpha value is -2.01. The smallest absolute Gasteiger partial charge is 0.274 e. The molecule has 1 rings (SSSR count). The van der Waals surface area contributed by atoms with Gasteiger partial charge in [-0.15, -0.1) is 0 Å². The van der Waals surface area contributed by atoms with Gasteiger partial charge in [-0.2, -0.15) is 0 Å². The van der Waals surface area contributed by atoms with Crippen molar-refractivity contribution in [3.8, 4) is 11.5 Å². The van der Waals surface area contributed by atoms with Gasteiger partial charge >= 0.3 is 0 Å². The number of hydrogen-bond acceptors (Lipinski definition) is 4. The predicted octanol–water partition coefficient (Wildman–Crippen LogP) is 2.42. The van der Waals surface area contributed by atoms with E-state index in [1.54, 1.807) is 26.2 Å². The van der Waals surface area contributed by atoms with E-state index in [1.807, 2.05) is 19.1 Å². The van der Waals surface area contributed by atoms with Gasteiger partial charge in [0.2, 0.25) is 0 Å². The van der Waals surface area contributed by atoms with E-state index < -0.39 is 0 Å². The molecule has 1 aromatic rings. The van der Waals surface area contributed by atoms with Crippen molar-refractivity contribution in [3.63, 3.8) is 0 Å². The molecule has 0 aliphatic rings. The SMILES string of the molecule is C/C=C/c1cc(C(=O)NOCC)cc(OC)c1OC. The van der Waals surface area contributed by atoms with Gasteiger partial charge in [0.25, 0.3) is 5.91 Å². The number of ether oxygens (including phenoxy) is 2. The number of carbonyl (C=O) groups is 1. The minimum atomic E-state index is -0.325. The number of amides is 1. The van der Waals surface area contributed by atoms with Crippen molar-refractivity contribution in [2.75, 3.05) is 20.8 Å². The normalized spacial score (nSPS) is 10.5. The average Bonchev–Trinajstić information content (AvgIpc) is 2.44. The van der Waals surface area contributed by atoms with Crippen LogP contribution >= 0.6 is 0 Å². The van der Waals surface area contributed by atoms with Gasteiger partial charge in [0.15, 0.2) is 11.5 Å². The summed E-state index contributed by atoms with van der Waals surface area (Å²) < 4.78 is 10.5. The predicted molar refractivity (Wildman–Crippen MR) is 73.3 cm³/mol. The number of hydroxylamine groups is 1. The van der Waals surface area contributed by atoms with Crippen molar-refractivity contribution in [2.45, 2.75) is 13.8 Å². The van der Waals surface area contributed by atoms with Crippen LogP contribution in [-0.2, 0) is 4.84 Å². The van der Waals surface area contributed by atoms with Gasteiger partial charge in [0.05, 0.1) is 20.8 Å².